The summed E-state index contributed by atoms with van der Waals surface area (Å²) in [5, 5.41) is 4.72. The molecule has 0 amide bonds. The molecule has 3 rings (SSSR count). The highest BCUT2D eigenvalue weighted by atomic mass is 35.5. The van der Waals surface area contributed by atoms with Crippen molar-refractivity contribution in [3.8, 4) is 11.4 Å². The lowest BCUT2D eigenvalue weighted by molar-refractivity contribution is 0.220. The van der Waals surface area contributed by atoms with Gasteiger partial charge in [0.05, 0.1) is 5.54 Å². The van der Waals surface area contributed by atoms with Crippen molar-refractivity contribution in [2.45, 2.75) is 37.6 Å². The fourth-order valence-corrected chi connectivity index (χ4v) is 2.66. The second-order valence-electron chi connectivity index (χ2n) is 5.15. The molecule has 1 fully saturated rings. The molecule has 1 aliphatic carbocycles. The molecule has 19 heavy (non-hydrogen) atoms. The van der Waals surface area contributed by atoms with Crippen LogP contribution in [0.1, 0.15) is 38.0 Å². The van der Waals surface area contributed by atoms with Gasteiger partial charge in [0.2, 0.25) is 11.7 Å². The molecule has 5 heteroatoms. The maximum Gasteiger partial charge on any atom is 0.247 e. The van der Waals surface area contributed by atoms with Gasteiger partial charge in [0, 0.05) is 10.6 Å². The Labute approximate surface area is 117 Å². The third-order valence-corrected chi connectivity index (χ3v) is 3.95. The first kappa shape index (κ1) is 12.6. The maximum atomic E-state index is 6.38. The van der Waals surface area contributed by atoms with Gasteiger partial charge in [-0.05, 0) is 37.1 Å². The summed E-state index contributed by atoms with van der Waals surface area (Å²) in [5.41, 5.74) is 6.82. The van der Waals surface area contributed by atoms with Crippen molar-refractivity contribution < 1.29 is 4.52 Å². The molecule has 2 aromatic rings. The molecule has 0 atom stereocenters. The van der Waals surface area contributed by atoms with Gasteiger partial charge >= 0.3 is 0 Å². The summed E-state index contributed by atoms with van der Waals surface area (Å²) in [6.45, 7) is 0. The van der Waals surface area contributed by atoms with E-state index >= 15 is 0 Å². The van der Waals surface area contributed by atoms with E-state index in [1.165, 1.54) is 6.42 Å². The van der Waals surface area contributed by atoms with E-state index in [0.29, 0.717) is 16.7 Å². The van der Waals surface area contributed by atoms with E-state index in [2.05, 4.69) is 10.1 Å². The summed E-state index contributed by atoms with van der Waals surface area (Å²) in [5.74, 6) is 1.12. The number of rotatable bonds is 2. The van der Waals surface area contributed by atoms with Crippen LogP contribution < -0.4 is 5.73 Å². The van der Waals surface area contributed by atoms with Gasteiger partial charge in [0.25, 0.3) is 0 Å². The molecule has 0 radical (unpaired) electrons. The predicted octanol–water partition coefficient (Wildman–Crippen LogP) is 3.51. The Bertz CT molecular complexity index is 558. The van der Waals surface area contributed by atoms with Gasteiger partial charge in [0.1, 0.15) is 0 Å². The Morgan fingerprint density at radius 3 is 2.47 bits per heavy atom. The van der Waals surface area contributed by atoms with Crippen molar-refractivity contribution in [3.05, 3.63) is 35.2 Å². The highest BCUT2D eigenvalue weighted by Gasteiger charge is 2.35. The third-order valence-electron chi connectivity index (χ3n) is 3.70. The maximum absolute atomic E-state index is 6.38. The number of halogens is 1. The lowest BCUT2D eigenvalue weighted by Crippen LogP contribution is -2.38. The third kappa shape index (κ3) is 2.51. The molecule has 0 bridgehead atoms. The van der Waals surface area contributed by atoms with Crippen molar-refractivity contribution in [2.75, 3.05) is 0 Å². The van der Waals surface area contributed by atoms with E-state index in [-0.39, 0.29) is 0 Å². The van der Waals surface area contributed by atoms with Crippen LogP contribution in [0.4, 0.5) is 0 Å². The zero-order chi connectivity index (χ0) is 13.3. The Hall–Kier alpha value is -1.39. The summed E-state index contributed by atoms with van der Waals surface area (Å²) in [6, 6.07) is 7.37. The summed E-state index contributed by atoms with van der Waals surface area (Å²) in [6.07, 6.45) is 5.30. The zero-order valence-electron chi connectivity index (χ0n) is 10.6. The molecule has 1 aliphatic rings. The highest BCUT2D eigenvalue weighted by Crippen LogP contribution is 2.34. The number of nitrogens with zero attached hydrogens (tertiary/aromatic N) is 2. The summed E-state index contributed by atoms with van der Waals surface area (Å²) in [4.78, 5) is 4.46. The number of aromatic nitrogens is 2. The van der Waals surface area contributed by atoms with Crippen LogP contribution in [0.25, 0.3) is 11.4 Å². The van der Waals surface area contributed by atoms with Gasteiger partial charge in [-0.15, -0.1) is 0 Å². The van der Waals surface area contributed by atoms with Crippen molar-refractivity contribution in [1.82, 2.24) is 10.1 Å². The highest BCUT2D eigenvalue weighted by molar-refractivity contribution is 6.30. The van der Waals surface area contributed by atoms with Gasteiger partial charge in [-0.2, -0.15) is 4.98 Å². The minimum absolute atomic E-state index is 0.448. The van der Waals surface area contributed by atoms with Crippen molar-refractivity contribution in [3.63, 3.8) is 0 Å². The van der Waals surface area contributed by atoms with E-state index in [4.69, 9.17) is 21.9 Å². The largest absolute Gasteiger partial charge is 0.337 e. The molecule has 4 nitrogen and oxygen atoms in total. The van der Waals surface area contributed by atoms with E-state index in [9.17, 15) is 0 Å². The van der Waals surface area contributed by atoms with Gasteiger partial charge in [-0.25, -0.2) is 0 Å². The molecule has 1 saturated carbocycles. The van der Waals surface area contributed by atoms with Gasteiger partial charge in [-0.3, -0.25) is 0 Å². The topological polar surface area (TPSA) is 64.9 Å². The lowest BCUT2D eigenvalue weighted by Gasteiger charge is -2.29. The minimum Gasteiger partial charge on any atom is -0.337 e. The monoisotopic (exact) mass is 277 g/mol. The van der Waals surface area contributed by atoms with E-state index < -0.39 is 5.54 Å². The predicted molar refractivity (Wildman–Crippen MR) is 73.7 cm³/mol. The van der Waals surface area contributed by atoms with Crippen LogP contribution in [0.5, 0.6) is 0 Å². The van der Waals surface area contributed by atoms with E-state index in [0.717, 1.165) is 31.2 Å². The first-order valence-electron chi connectivity index (χ1n) is 6.56. The SMILES string of the molecule is NC1(c2nc(-c3ccc(Cl)cc3)no2)CCCCC1. The Balaban J connectivity index is 1.88. The Morgan fingerprint density at radius 1 is 1.11 bits per heavy atom. The first-order valence-corrected chi connectivity index (χ1v) is 6.94. The molecule has 0 saturated heterocycles. The molecule has 1 aromatic heterocycles. The van der Waals surface area contributed by atoms with Gasteiger partial charge in [0.15, 0.2) is 0 Å². The molecule has 0 aliphatic heterocycles. The molecular formula is C14H16ClN3O. The molecule has 0 spiro atoms. The van der Waals surface area contributed by atoms with Crippen LogP contribution in [-0.2, 0) is 5.54 Å². The number of hydrogen-bond donors (Lipinski definition) is 1. The molecular weight excluding hydrogens is 262 g/mol. The Kier molecular flexibility index (Phi) is 3.29. The first-order chi connectivity index (χ1) is 9.17. The summed E-state index contributed by atoms with van der Waals surface area (Å²) in [7, 11) is 0. The normalized spacial score (nSPS) is 18.4. The van der Waals surface area contributed by atoms with E-state index in [1.807, 2.05) is 24.3 Å². The summed E-state index contributed by atoms with van der Waals surface area (Å²) < 4.78 is 5.37. The average Bonchev–Trinajstić information content (AvgIpc) is 2.91. The van der Waals surface area contributed by atoms with Crippen molar-refractivity contribution in [2.24, 2.45) is 5.73 Å². The lowest BCUT2D eigenvalue weighted by atomic mass is 9.82. The van der Waals surface area contributed by atoms with Crippen LogP contribution in [0.2, 0.25) is 5.02 Å². The van der Waals surface area contributed by atoms with Crippen LogP contribution in [0.3, 0.4) is 0 Å². The fourth-order valence-electron chi connectivity index (χ4n) is 2.54. The fraction of sp³-hybridized carbons (Fsp3) is 0.429. The molecule has 2 N–H and O–H groups in total. The molecule has 1 aromatic carbocycles. The van der Waals surface area contributed by atoms with Gasteiger partial charge in [-0.1, -0.05) is 36.0 Å². The average molecular weight is 278 g/mol. The second-order valence-corrected chi connectivity index (χ2v) is 5.58. The molecule has 100 valence electrons. The molecule has 0 unspecified atom stereocenters. The van der Waals surface area contributed by atoms with Crippen LogP contribution in [0, 0.1) is 0 Å². The molecule has 1 heterocycles. The standard InChI is InChI=1S/C14H16ClN3O/c15-11-6-4-10(5-7-11)12-17-13(19-18-12)14(16)8-2-1-3-9-14/h4-7H,1-3,8-9,16H2. The summed E-state index contributed by atoms with van der Waals surface area (Å²) >= 11 is 5.86. The van der Waals surface area contributed by atoms with Crippen LogP contribution in [0.15, 0.2) is 28.8 Å². The second kappa shape index (κ2) is 4.94. The Morgan fingerprint density at radius 2 is 1.79 bits per heavy atom. The number of nitrogens with two attached hydrogens (primary N) is 1. The number of hydrogen-bond acceptors (Lipinski definition) is 4. The van der Waals surface area contributed by atoms with Crippen LogP contribution >= 0.6 is 11.6 Å². The van der Waals surface area contributed by atoms with Crippen molar-refractivity contribution in [1.29, 1.82) is 0 Å². The number of benzene rings is 1. The smallest absolute Gasteiger partial charge is 0.247 e. The quantitative estimate of drug-likeness (QED) is 0.912. The van der Waals surface area contributed by atoms with Crippen molar-refractivity contribution >= 4 is 11.6 Å². The van der Waals surface area contributed by atoms with E-state index in [1.54, 1.807) is 0 Å². The van der Waals surface area contributed by atoms with Gasteiger partial charge < -0.3 is 10.3 Å². The minimum atomic E-state index is -0.448. The zero-order valence-corrected chi connectivity index (χ0v) is 11.4. The van der Waals surface area contributed by atoms with Crippen LogP contribution in [-0.4, -0.2) is 10.1 Å².